The second-order valence-electron chi connectivity index (χ2n) is 6.05. The van der Waals surface area contributed by atoms with Gasteiger partial charge in [0.2, 0.25) is 0 Å². The third kappa shape index (κ3) is 5.28. The highest BCUT2D eigenvalue weighted by Crippen LogP contribution is 2.18. The summed E-state index contributed by atoms with van der Waals surface area (Å²) in [6.45, 7) is 4.09. The fourth-order valence-electron chi connectivity index (χ4n) is 2.57. The molecule has 2 atom stereocenters. The number of aldehydes is 1. The van der Waals surface area contributed by atoms with Gasteiger partial charge in [-0.2, -0.15) is 0 Å². The highest BCUT2D eigenvalue weighted by molar-refractivity contribution is 5.92. The van der Waals surface area contributed by atoms with E-state index in [0.29, 0.717) is 24.0 Å². The first-order chi connectivity index (χ1) is 12.5. The molecular weight excluding hydrogens is 330 g/mol. The van der Waals surface area contributed by atoms with Crippen molar-refractivity contribution in [2.75, 3.05) is 6.54 Å². The van der Waals surface area contributed by atoms with Gasteiger partial charge in [-0.1, -0.05) is 49.4 Å². The monoisotopic (exact) mass is 353 g/mol. The van der Waals surface area contributed by atoms with Crippen molar-refractivity contribution in [3.05, 3.63) is 71.3 Å². The van der Waals surface area contributed by atoms with Gasteiger partial charge in [0.1, 0.15) is 6.29 Å². The topological polar surface area (TPSA) is 72.5 Å². The molecule has 0 saturated carbocycles. The highest BCUT2D eigenvalue weighted by Gasteiger charge is 2.20. The van der Waals surface area contributed by atoms with E-state index < -0.39 is 12.1 Å². The lowest BCUT2D eigenvalue weighted by atomic mass is 9.96. The van der Waals surface area contributed by atoms with E-state index in [9.17, 15) is 14.4 Å². The number of esters is 1. The van der Waals surface area contributed by atoms with Crippen molar-refractivity contribution >= 4 is 18.2 Å². The van der Waals surface area contributed by atoms with Crippen LogP contribution in [0.2, 0.25) is 0 Å². The minimum absolute atomic E-state index is 0.207. The summed E-state index contributed by atoms with van der Waals surface area (Å²) < 4.78 is 5.20. The zero-order chi connectivity index (χ0) is 18.9. The SMILES string of the molecule is CC[C@@H](CNC(=O)[C@@H](C)OC(=O)c1ccc(C=O)cc1)c1ccccc1. The van der Waals surface area contributed by atoms with E-state index in [1.54, 1.807) is 0 Å². The minimum Gasteiger partial charge on any atom is -0.449 e. The van der Waals surface area contributed by atoms with Gasteiger partial charge in [0.05, 0.1) is 5.56 Å². The summed E-state index contributed by atoms with van der Waals surface area (Å²) in [5, 5.41) is 2.84. The van der Waals surface area contributed by atoms with Crippen molar-refractivity contribution in [3.8, 4) is 0 Å². The Balaban J connectivity index is 1.88. The summed E-state index contributed by atoms with van der Waals surface area (Å²) in [5.74, 6) is -0.726. The van der Waals surface area contributed by atoms with Crippen LogP contribution in [0.3, 0.4) is 0 Å². The first-order valence-electron chi connectivity index (χ1n) is 8.64. The summed E-state index contributed by atoms with van der Waals surface area (Å²) in [4.78, 5) is 35.0. The van der Waals surface area contributed by atoms with Crippen molar-refractivity contribution < 1.29 is 19.1 Å². The van der Waals surface area contributed by atoms with Crippen molar-refractivity contribution in [1.82, 2.24) is 5.32 Å². The van der Waals surface area contributed by atoms with Gasteiger partial charge in [0.15, 0.2) is 6.10 Å². The van der Waals surface area contributed by atoms with E-state index in [1.165, 1.54) is 31.2 Å². The van der Waals surface area contributed by atoms with Crippen molar-refractivity contribution in [1.29, 1.82) is 0 Å². The molecule has 2 rings (SSSR count). The summed E-state index contributed by atoms with van der Waals surface area (Å²) in [7, 11) is 0. The lowest BCUT2D eigenvalue weighted by Crippen LogP contribution is -2.38. The smallest absolute Gasteiger partial charge is 0.338 e. The predicted molar refractivity (Wildman–Crippen MR) is 99.2 cm³/mol. The molecule has 0 aliphatic carbocycles. The molecule has 2 aromatic carbocycles. The second kappa shape index (κ2) is 9.51. The van der Waals surface area contributed by atoms with Gasteiger partial charge in [0.25, 0.3) is 5.91 Å². The van der Waals surface area contributed by atoms with Crippen LogP contribution < -0.4 is 5.32 Å². The van der Waals surface area contributed by atoms with Crippen molar-refractivity contribution in [3.63, 3.8) is 0 Å². The van der Waals surface area contributed by atoms with Gasteiger partial charge >= 0.3 is 5.97 Å². The molecule has 0 heterocycles. The number of rotatable bonds is 8. The maximum Gasteiger partial charge on any atom is 0.338 e. The van der Waals surface area contributed by atoms with Gasteiger partial charge < -0.3 is 10.1 Å². The normalized spacial score (nSPS) is 12.7. The van der Waals surface area contributed by atoms with Crippen LogP contribution in [-0.2, 0) is 9.53 Å². The maximum absolute atomic E-state index is 12.2. The Bertz CT molecular complexity index is 740. The van der Waals surface area contributed by atoms with Gasteiger partial charge in [-0.25, -0.2) is 4.79 Å². The van der Waals surface area contributed by atoms with Crippen LogP contribution in [0, 0.1) is 0 Å². The lowest BCUT2D eigenvalue weighted by Gasteiger charge is -2.18. The van der Waals surface area contributed by atoms with Crippen LogP contribution in [0.5, 0.6) is 0 Å². The molecule has 0 saturated heterocycles. The molecule has 0 fully saturated rings. The van der Waals surface area contributed by atoms with Crippen LogP contribution in [0.25, 0.3) is 0 Å². The number of amides is 1. The molecule has 0 radical (unpaired) electrons. The Morgan fingerprint density at radius 3 is 2.31 bits per heavy atom. The zero-order valence-corrected chi connectivity index (χ0v) is 15.0. The fraction of sp³-hybridized carbons (Fsp3) is 0.286. The number of benzene rings is 2. The Morgan fingerprint density at radius 1 is 1.08 bits per heavy atom. The average Bonchev–Trinajstić information content (AvgIpc) is 2.69. The van der Waals surface area contributed by atoms with Crippen molar-refractivity contribution in [2.45, 2.75) is 32.3 Å². The van der Waals surface area contributed by atoms with Crippen LogP contribution in [-0.4, -0.2) is 30.8 Å². The quantitative estimate of drug-likeness (QED) is 0.583. The molecule has 0 unspecified atom stereocenters. The molecule has 1 N–H and O–H groups in total. The molecular formula is C21H23NO4. The molecule has 5 heteroatoms. The third-order valence-corrected chi connectivity index (χ3v) is 4.22. The average molecular weight is 353 g/mol. The number of nitrogens with one attached hydrogen (secondary N) is 1. The van der Waals surface area contributed by atoms with Crippen molar-refractivity contribution in [2.24, 2.45) is 0 Å². The molecule has 136 valence electrons. The minimum atomic E-state index is -0.901. The number of hydrogen-bond donors (Lipinski definition) is 1. The third-order valence-electron chi connectivity index (χ3n) is 4.22. The van der Waals surface area contributed by atoms with E-state index in [0.717, 1.165) is 12.0 Å². The van der Waals surface area contributed by atoms with E-state index >= 15 is 0 Å². The maximum atomic E-state index is 12.2. The van der Waals surface area contributed by atoms with Gasteiger partial charge in [-0.15, -0.1) is 0 Å². The number of carbonyl (C=O) groups excluding carboxylic acids is 3. The van der Waals surface area contributed by atoms with E-state index in [-0.39, 0.29) is 11.8 Å². The molecule has 2 aromatic rings. The predicted octanol–water partition coefficient (Wildman–Crippen LogP) is 3.35. The Hall–Kier alpha value is -2.95. The fourth-order valence-corrected chi connectivity index (χ4v) is 2.57. The summed E-state index contributed by atoms with van der Waals surface area (Å²) in [6, 6.07) is 16.0. The van der Waals surface area contributed by atoms with Gasteiger partial charge in [0, 0.05) is 18.0 Å². The summed E-state index contributed by atoms with van der Waals surface area (Å²) in [5.41, 5.74) is 1.93. The molecule has 0 aliphatic heterocycles. The summed E-state index contributed by atoms with van der Waals surface area (Å²) >= 11 is 0. The number of hydrogen-bond acceptors (Lipinski definition) is 4. The molecule has 1 amide bonds. The Labute approximate surface area is 153 Å². The first-order valence-corrected chi connectivity index (χ1v) is 8.64. The van der Waals surface area contributed by atoms with Gasteiger partial charge in [-0.05, 0) is 31.0 Å². The number of carbonyl (C=O) groups is 3. The Morgan fingerprint density at radius 2 is 1.73 bits per heavy atom. The van der Waals surface area contributed by atoms with E-state index in [1.807, 2.05) is 30.3 Å². The van der Waals surface area contributed by atoms with Crippen LogP contribution in [0.1, 0.15) is 52.5 Å². The molecule has 5 nitrogen and oxygen atoms in total. The zero-order valence-electron chi connectivity index (χ0n) is 15.0. The molecule has 0 spiro atoms. The largest absolute Gasteiger partial charge is 0.449 e. The molecule has 0 aliphatic rings. The standard InChI is InChI=1S/C21H23NO4/c1-3-17(18-7-5-4-6-8-18)13-22-20(24)15(2)26-21(25)19-11-9-16(14-23)10-12-19/h4-12,14-15,17H,3,13H2,1-2H3,(H,22,24)/t15-,17+/m1/s1. The van der Waals surface area contributed by atoms with E-state index in [2.05, 4.69) is 12.2 Å². The van der Waals surface area contributed by atoms with Crippen LogP contribution in [0.15, 0.2) is 54.6 Å². The number of ether oxygens (including phenoxy) is 1. The van der Waals surface area contributed by atoms with Gasteiger partial charge in [-0.3, -0.25) is 9.59 Å². The Kier molecular flexibility index (Phi) is 7.09. The molecule has 0 aromatic heterocycles. The van der Waals surface area contributed by atoms with Crippen LogP contribution >= 0.6 is 0 Å². The summed E-state index contributed by atoms with van der Waals surface area (Å²) in [6.07, 6.45) is 0.686. The molecule has 0 bridgehead atoms. The molecule has 26 heavy (non-hydrogen) atoms. The van der Waals surface area contributed by atoms with Crippen LogP contribution in [0.4, 0.5) is 0 Å². The second-order valence-corrected chi connectivity index (χ2v) is 6.05. The first kappa shape index (κ1) is 19.4. The van der Waals surface area contributed by atoms with E-state index in [4.69, 9.17) is 4.74 Å². The lowest BCUT2D eigenvalue weighted by molar-refractivity contribution is -0.129. The highest BCUT2D eigenvalue weighted by atomic mass is 16.5.